The van der Waals surface area contributed by atoms with E-state index in [1.54, 1.807) is 28.9 Å². The SMILES string of the molecule is Cc1cc(C)n(-c2ccc(C(=O)OCc3cc(=O)n4cc(Cl)ccc4n3)cn2)n1. The largest absolute Gasteiger partial charge is 0.456 e. The lowest BCUT2D eigenvalue weighted by atomic mass is 10.3. The highest BCUT2D eigenvalue weighted by molar-refractivity contribution is 6.30. The van der Waals surface area contributed by atoms with Gasteiger partial charge in [-0.2, -0.15) is 5.10 Å². The summed E-state index contributed by atoms with van der Waals surface area (Å²) in [5.74, 6) is 0.0468. The summed E-state index contributed by atoms with van der Waals surface area (Å²) in [6.07, 6.45) is 2.91. The summed E-state index contributed by atoms with van der Waals surface area (Å²) in [6.45, 7) is 3.69. The van der Waals surface area contributed by atoms with Gasteiger partial charge in [0, 0.05) is 24.2 Å². The van der Waals surface area contributed by atoms with E-state index < -0.39 is 5.97 Å². The van der Waals surface area contributed by atoms with Gasteiger partial charge in [-0.25, -0.2) is 19.4 Å². The fourth-order valence-electron chi connectivity index (χ4n) is 2.92. The molecule has 4 heterocycles. The minimum Gasteiger partial charge on any atom is -0.456 e. The number of hydrogen-bond donors (Lipinski definition) is 0. The van der Waals surface area contributed by atoms with Gasteiger partial charge in [0.15, 0.2) is 5.82 Å². The maximum atomic E-state index is 12.3. The monoisotopic (exact) mass is 409 g/mol. The summed E-state index contributed by atoms with van der Waals surface area (Å²) in [5.41, 5.74) is 2.58. The van der Waals surface area contributed by atoms with Gasteiger partial charge in [-0.1, -0.05) is 11.6 Å². The Bertz CT molecular complexity index is 1280. The summed E-state index contributed by atoms with van der Waals surface area (Å²) in [4.78, 5) is 33.1. The predicted molar refractivity (Wildman–Crippen MR) is 106 cm³/mol. The molecule has 146 valence electrons. The van der Waals surface area contributed by atoms with Crippen LogP contribution in [0.25, 0.3) is 11.5 Å². The number of ether oxygens (including phenoxy) is 1. The number of pyridine rings is 2. The number of hydrogen-bond acceptors (Lipinski definition) is 6. The average molecular weight is 410 g/mol. The first-order valence-electron chi connectivity index (χ1n) is 8.75. The molecule has 4 rings (SSSR count). The van der Waals surface area contributed by atoms with Crippen molar-refractivity contribution >= 4 is 23.2 Å². The maximum Gasteiger partial charge on any atom is 0.340 e. The van der Waals surface area contributed by atoms with Crippen molar-refractivity contribution in [2.45, 2.75) is 20.5 Å². The fraction of sp³-hybridized carbons (Fsp3) is 0.150. The Morgan fingerprint density at radius 2 is 2.00 bits per heavy atom. The second-order valence-corrected chi connectivity index (χ2v) is 6.92. The zero-order valence-electron chi connectivity index (χ0n) is 15.7. The normalized spacial score (nSPS) is 11.0. The van der Waals surface area contributed by atoms with Crippen LogP contribution < -0.4 is 5.56 Å². The van der Waals surface area contributed by atoms with Crippen molar-refractivity contribution in [1.29, 1.82) is 0 Å². The molecule has 0 atom stereocenters. The van der Waals surface area contributed by atoms with Crippen LogP contribution in [0.15, 0.2) is 53.6 Å². The standard InChI is InChI=1S/C20H16ClN5O3/c1-12-7-13(2)26(24-12)17-5-3-14(9-22-17)20(28)29-11-16-8-19(27)25-10-15(21)4-6-18(25)23-16/h3-10H,11H2,1-2H3. The zero-order chi connectivity index (χ0) is 20.5. The van der Waals surface area contributed by atoms with Crippen LogP contribution in [0.3, 0.4) is 0 Å². The molecule has 0 aliphatic heterocycles. The summed E-state index contributed by atoms with van der Waals surface area (Å²) in [6, 6.07) is 9.82. The van der Waals surface area contributed by atoms with E-state index in [0.29, 0.717) is 27.7 Å². The number of halogens is 1. The minimum absolute atomic E-state index is 0.133. The van der Waals surface area contributed by atoms with Crippen LogP contribution in [-0.2, 0) is 11.3 Å². The number of aromatic nitrogens is 5. The van der Waals surface area contributed by atoms with Crippen LogP contribution in [0.5, 0.6) is 0 Å². The van der Waals surface area contributed by atoms with Gasteiger partial charge >= 0.3 is 5.97 Å². The molecule has 0 aromatic carbocycles. The number of rotatable bonds is 4. The number of nitrogens with zero attached hydrogens (tertiary/aromatic N) is 5. The van der Waals surface area contributed by atoms with Crippen LogP contribution in [0, 0.1) is 13.8 Å². The highest BCUT2D eigenvalue weighted by Crippen LogP contribution is 2.12. The Morgan fingerprint density at radius 3 is 2.69 bits per heavy atom. The quantitative estimate of drug-likeness (QED) is 0.481. The number of aryl methyl sites for hydroxylation is 2. The molecule has 0 aliphatic rings. The van der Waals surface area contributed by atoms with E-state index in [-0.39, 0.29) is 12.2 Å². The molecule has 0 amide bonds. The van der Waals surface area contributed by atoms with Gasteiger partial charge in [0.2, 0.25) is 0 Å². The van der Waals surface area contributed by atoms with Gasteiger partial charge in [0.1, 0.15) is 12.3 Å². The van der Waals surface area contributed by atoms with Crippen molar-refractivity contribution in [3.63, 3.8) is 0 Å². The topological polar surface area (TPSA) is 91.4 Å². The molecule has 0 unspecified atom stereocenters. The first-order valence-corrected chi connectivity index (χ1v) is 9.13. The molecule has 0 radical (unpaired) electrons. The molecule has 0 N–H and O–H groups in total. The molecule has 9 heteroatoms. The van der Waals surface area contributed by atoms with E-state index in [2.05, 4.69) is 15.1 Å². The molecule has 0 spiro atoms. The molecule has 0 bridgehead atoms. The number of carbonyl (C=O) groups is 1. The molecule has 4 aromatic heterocycles. The van der Waals surface area contributed by atoms with Crippen LogP contribution in [0.1, 0.15) is 27.4 Å². The number of esters is 1. The molecule has 0 aliphatic carbocycles. The van der Waals surface area contributed by atoms with Crippen molar-refractivity contribution in [3.8, 4) is 5.82 Å². The Hall–Kier alpha value is -3.52. The van der Waals surface area contributed by atoms with E-state index in [1.165, 1.54) is 22.9 Å². The van der Waals surface area contributed by atoms with Gasteiger partial charge in [-0.05, 0) is 44.2 Å². The minimum atomic E-state index is -0.560. The van der Waals surface area contributed by atoms with Crippen molar-refractivity contribution < 1.29 is 9.53 Å². The summed E-state index contributed by atoms with van der Waals surface area (Å²) >= 11 is 5.89. The lowest BCUT2D eigenvalue weighted by molar-refractivity contribution is 0.0467. The van der Waals surface area contributed by atoms with Crippen molar-refractivity contribution in [2.75, 3.05) is 0 Å². The Kier molecular flexibility index (Phi) is 4.85. The fourth-order valence-corrected chi connectivity index (χ4v) is 3.08. The van der Waals surface area contributed by atoms with Gasteiger partial charge < -0.3 is 4.74 Å². The van der Waals surface area contributed by atoms with E-state index in [1.807, 2.05) is 19.9 Å². The van der Waals surface area contributed by atoms with Crippen LogP contribution in [0.4, 0.5) is 0 Å². The van der Waals surface area contributed by atoms with Crippen LogP contribution in [-0.4, -0.2) is 30.1 Å². The summed E-state index contributed by atoms with van der Waals surface area (Å²) in [7, 11) is 0. The molecule has 0 saturated carbocycles. The van der Waals surface area contributed by atoms with E-state index in [4.69, 9.17) is 16.3 Å². The third kappa shape index (κ3) is 3.88. The van der Waals surface area contributed by atoms with Crippen molar-refractivity contribution in [1.82, 2.24) is 24.1 Å². The second kappa shape index (κ2) is 7.48. The highest BCUT2D eigenvalue weighted by Gasteiger charge is 2.12. The Morgan fingerprint density at radius 1 is 1.17 bits per heavy atom. The molecular formula is C20H16ClN5O3. The van der Waals surface area contributed by atoms with Gasteiger partial charge in [-0.3, -0.25) is 9.20 Å². The molecule has 29 heavy (non-hydrogen) atoms. The third-order valence-electron chi connectivity index (χ3n) is 4.24. The van der Waals surface area contributed by atoms with Crippen LogP contribution in [0.2, 0.25) is 5.02 Å². The highest BCUT2D eigenvalue weighted by atomic mass is 35.5. The average Bonchev–Trinajstić information content (AvgIpc) is 3.05. The molecular weight excluding hydrogens is 394 g/mol. The first-order chi connectivity index (χ1) is 13.9. The van der Waals surface area contributed by atoms with E-state index in [9.17, 15) is 9.59 Å². The lowest BCUT2D eigenvalue weighted by Crippen LogP contribution is -2.16. The Balaban J connectivity index is 1.48. The van der Waals surface area contributed by atoms with E-state index in [0.717, 1.165) is 11.4 Å². The lowest BCUT2D eigenvalue weighted by Gasteiger charge is -2.07. The first kappa shape index (κ1) is 18.8. The predicted octanol–water partition coefficient (Wildman–Crippen LogP) is 2.90. The summed E-state index contributed by atoms with van der Waals surface area (Å²) < 4.78 is 8.30. The van der Waals surface area contributed by atoms with Crippen LogP contribution >= 0.6 is 11.6 Å². The van der Waals surface area contributed by atoms with Crippen molar-refractivity contribution in [2.24, 2.45) is 0 Å². The second-order valence-electron chi connectivity index (χ2n) is 6.48. The zero-order valence-corrected chi connectivity index (χ0v) is 16.4. The third-order valence-corrected chi connectivity index (χ3v) is 4.46. The molecule has 4 aromatic rings. The van der Waals surface area contributed by atoms with Crippen molar-refractivity contribution in [3.05, 3.63) is 86.8 Å². The summed E-state index contributed by atoms with van der Waals surface area (Å²) in [5, 5.41) is 4.79. The molecule has 0 saturated heterocycles. The molecule has 8 nitrogen and oxygen atoms in total. The molecule has 0 fully saturated rings. The number of carbonyl (C=O) groups excluding carboxylic acids is 1. The van der Waals surface area contributed by atoms with Gasteiger partial charge in [-0.15, -0.1) is 0 Å². The maximum absolute atomic E-state index is 12.3. The van der Waals surface area contributed by atoms with Gasteiger partial charge in [0.25, 0.3) is 5.56 Å². The van der Waals surface area contributed by atoms with Gasteiger partial charge in [0.05, 0.1) is 22.0 Å². The Labute approximate surface area is 170 Å². The van der Waals surface area contributed by atoms with E-state index >= 15 is 0 Å². The number of fused-ring (bicyclic) bond motifs is 1. The smallest absolute Gasteiger partial charge is 0.340 e.